The molecule has 2 amide bonds. The summed E-state index contributed by atoms with van der Waals surface area (Å²) in [7, 11) is 0. The molecule has 3 heterocycles. The van der Waals surface area contributed by atoms with Crippen molar-refractivity contribution in [2.24, 2.45) is 0 Å². The molecule has 10 heteroatoms. The first-order valence-corrected chi connectivity index (χ1v) is 9.63. The topological polar surface area (TPSA) is 111 Å². The van der Waals surface area contributed by atoms with Gasteiger partial charge < -0.3 is 15.4 Å². The summed E-state index contributed by atoms with van der Waals surface area (Å²) in [6.07, 6.45) is -0.648. The monoisotopic (exact) mass is 402 g/mol. The molecule has 9 nitrogen and oxygen atoms in total. The van der Waals surface area contributed by atoms with E-state index in [9.17, 15) is 9.59 Å². The average Bonchev–Trinajstić information content (AvgIpc) is 3.27. The van der Waals surface area contributed by atoms with Crippen LogP contribution >= 0.6 is 11.3 Å². The molecular weight excluding hydrogens is 380 g/mol. The summed E-state index contributed by atoms with van der Waals surface area (Å²) in [6.45, 7) is 6.97. The molecule has 28 heavy (non-hydrogen) atoms. The number of fused-ring (bicyclic) bond motifs is 1. The molecule has 0 fully saturated rings. The normalized spacial score (nSPS) is 12.6. The van der Waals surface area contributed by atoms with Gasteiger partial charge in [-0.1, -0.05) is 6.07 Å². The smallest absolute Gasteiger partial charge is 0.408 e. The molecule has 0 aliphatic carbocycles. The molecule has 2 N–H and O–H groups in total. The highest BCUT2D eigenvalue weighted by molar-refractivity contribution is 7.13. The van der Waals surface area contributed by atoms with Crippen molar-refractivity contribution >= 4 is 29.0 Å². The van der Waals surface area contributed by atoms with Crippen molar-refractivity contribution in [2.45, 2.75) is 45.9 Å². The van der Waals surface area contributed by atoms with Gasteiger partial charge in [0.05, 0.1) is 11.4 Å². The van der Waals surface area contributed by atoms with Crippen LogP contribution in [0.25, 0.3) is 16.2 Å². The van der Waals surface area contributed by atoms with Crippen LogP contribution in [0.3, 0.4) is 0 Å². The van der Waals surface area contributed by atoms with E-state index in [4.69, 9.17) is 4.74 Å². The van der Waals surface area contributed by atoms with Gasteiger partial charge in [0.2, 0.25) is 5.91 Å². The van der Waals surface area contributed by atoms with Crippen LogP contribution < -0.4 is 10.6 Å². The maximum atomic E-state index is 12.3. The number of rotatable bonds is 5. The van der Waals surface area contributed by atoms with Gasteiger partial charge in [0.1, 0.15) is 17.3 Å². The van der Waals surface area contributed by atoms with Gasteiger partial charge in [-0.05, 0) is 51.3 Å². The molecule has 0 saturated heterocycles. The average molecular weight is 402 g/mol. The molecule has 3 rings (SSSR count). The van der Waals surface area contributed by atoms with Gasteiger partial charge in [0.25, 0.3) is 0 Å². The van der Waals surface area contributed by atoms with E-state index < -0.39 is 17.7 Å². The molecule has 0 aliphatic heterocycles. The molecule has 3 aromatic rings. The van der Waals surface area contributed by atoms with Crippen molar-refractivity contribution in [1.29, 1.82) is 0 Å². The Hall–Kier alpha value is -3.01. The van der Waals surface area contributed by atoms with Crippen molar-refractivity contribution in [2.75, 3.05) is 0 Å². The number of hydrogen-bond donors (Lipinski definition) is 2. The number of alkyl carbamates (subject to hydrolysis) is 1. The Morgan fingerprint density at radius 1 is 1.25 bits per heavy atom. The van der Waals surface area contributed by atoms with Crippen molar-refractivity contribution in [3.8, 4) is 10.6 Å². The zero-order chi connectivity index (χ0) is 20.3. The van der Waals surface area contributed by atoms with Crippen LogP contribution in [0.1, 0.15) is 33.5 Å². The summed E-state index contributed by atoms with van der Waals surface area (Å²) < 4.78 is 6.75. The Morgan fingerprint density at radius 3 is 2.71 bits per heavy atom. The number of thiophene rings is 1. The van der Waals surface area contributed by atoms with E-state index in [2.05, 4.69) is 25.9 Å². The molecule has 0 aromatic carbocycles. The first-order chi connectivity index (χ1) is 13.2. The van der Waals surface area contributed by atoms with Crippen LogP contribution in [0.5, 0.6) is 0 Å². The summed E-state index contributed by atoms with van der Waals surface area (Å²) >= 11 is 1.59. The summed E-state index contributed by atoms with van der Waals surface area (Å²) in [5, 5.41) is 19.9. The minimum atomic E-state index is -0.760. The third-order valence-corrected chi connectivity index (χ3v) is 4.54. The Labute approximate surface area is 166 Å². The molecule has 0 radical (unpaired) electrons. The molecule has 148 valence electrons. The number of aromatic nitrogens is 4. The van der Waals surface area contributed by atoms with Crippen LogP contribution in [-0.2, 0) is 16.1 Å². The molecular formula is C18H22N6O3S. The van der Waals surface area contributed by atoms with Gasteiger partial charge >= 0.3 is 6.09 Å². The summed E-state index contributed by atoms with van der Waals surface area (Å²) in [6, 6.07) is 6.88. The molecule has 0 bridgehead atoms. The summed E-state index contributed by atoms with van der Waals surface area (Å²) in [5.74, 6) is 0.128. The number of hydrogen-bond acceptors (Lipinski definition) is 7. The maximum absolute atomic E-state index is 12.3. The lowest BCUT2D eigenvalue weighted by molar-refractivity contribution is -0.123. The largest absolute Gasteiger partial charge is 0.444 e. The van der Waals surface area contributed by atoms with E-state index in [1.165, 1.54) is 0 Å². The zero-order valence-electron chi connectivity index (χ0n) is 16.1. The second-order valence-corrected chi connectivity index (χ2v) is 8.12. The van der Waals surface area contributed by atoms with Gasteiger partial charge in [0, 0.05) is 0 Å². The molecule has 0 aliphatic rings. The van der Waals surface area contributed by atoms with Crippen LogP contribution in [0, 0.1) is 0 Å². The fourth-order valence-electron chi connectivity index (χ4n) is 2.37. The minimum Gasteiger partial charge on any atom is -0.444 e. The van der Waals surface area contributed by atoms with Crippen molar-refractivity contribution in [1.82, 2.24) is 30.4 Å². The minimum absolute atomic E-state index is 0.126. The van der Waals surface area contributed by atoms with Crippen LogP contribution in [0.15, 0.2) is 29.6 Å². The van der Waals surface area contributed by atoms with Crippen molar-refractivity contribution < 1.29 is 14.3 Å². The third kappa shape index (κ3) is 4.83. The Kier molecular flexibility index (Phi) is 5.59. The van der Waals surface area contributed by atoms with E-state index in [-0.39, 0.29) is 12.5 Å². The van der Waals surface area contributed by atoms with E-state index in [0.717, 1.165) is 10.6 Å². The molecule has 1 atom stereocenters. The Balaban J connectivity index is 1.64. The van der Waals surface area contributed by atoms with Crippen molar-refractivity contribution in [3.63, 3.8) is 0 Å². The molecule has 0 saturated carbocycles. The van der Waals surface area contributed by atoms with Crippen LogP contribution in [0.2, 0.25) is 0 Å². The Morgan fingerprint density at radius 2 is 2.04 bits per heavy atom. The summed E-state index contributed by atoms with van der Waals surface area (Å²) in [4.78, 5) is 25.1. The molecule has 3 aromatic heterocycles. The lowest BCUT2D eigenvalue weighted by Crippen LogP contribution is -2.46. The number of ether oxygens (including phenoxy) is 1. The number of nitrogens with zero attached hydrogens (tertiary/aromatic N) is 4. The molecule has 1 unspecified atom stereocenters. The number of nitrogens with one attached hydrogen (secondary N) is 2. The lowest BCUT2D eigenvalue weighted by Gasteiger charge is -2.21. The quantitative estimate of drug-likeness (QED) is 0.678. The van der Waals surface area contributed by atoms with Gasteiger partial charge in [-0.3, -0.25) is 4.79 Å². The van der Waals surface area contributed by atoms with E-state index in [1.807, 2.05) is 29.6 Å². The van der Waals surface area contributed by atoms with Gasteiger partial charge in [-0.25, -0.2) is 4.79 Å². The number of amides is 2. The fourth-order valence-corrected chi connectivity index (χ4v) is 3.06. The third-order valence-electron chi connectivity index (χ3n) is 3.65. The second-order valence-electron chi connectivity index (χ2n) is 7.17. The predicted octanol–water partition coefficient (Wildman–Crippen LogP) is 2.38. The van der Waals surface area contributed by atoms with E-state index in [0.29, 0.717) is 11.5 Å². The van der Waals surface area contributed by atoms with Gasteiger partial charge in [-0.2, -0.15) is 9.61 Å². The zero-order valence-corrected chi connectivity index (χ0v) is 16.9. The fraction of sp³-hybridized carbons (Fsp3) is 0.389. The number of carbonyl (C=O) groups is 2. The van der Waals surface area contributed by atoms with Gasteiger partial charge in [-0.15, -0.1) is 21.5 Å². The summed E-state index contributed by atoms with van der Waals surface area (Å²) in [5.41, 5.74) is 0.756. The van der Waals surface area contributed by atoms with Crippen LogP contribution in [0.4, 0.5) is 4.79 Å². The standard InChI is InChI=1S/C18H22N6O3S/c1-11(20-17(26)27-18(2,3)4)16(25)19-10-15-22-21-14-8-7-12(23-24(14)15)13-6-5-9-28-13/h5-9,11H,10H2,1-4H3,(H,19,25)(H,20,26). The highest BCUT2D eigenvalue weighted by Crippen LogP contribution is 2.22. The van der Waals surface area contributed by atoms with Crippen LogP contribution in [-0.4, -0.2) is 43.5 Å². The first-order valence-electron chi connectivity index (χ1n) is 8.75. The van der Waals surface area contributed by atoms with Crippen molar-refractivity contribution in [3.05, 3.63) is 35.5 Å². The first kappa shape index (κ1) is 19.7. The highest BCUT2D eigenvalue weighted by Gasteiger charge is 2.21. The highest BCUT2D eigenvalue weighted by atomic mass is 32.1. The number of carbonyl (C=O) groups excluding carboxylic acids is 2. The Bertz CT molecular complexity index is 977. The molecule has 0 spiro atoms. The SMILES string of the molecule is CC(NC(=O)OC(C)(C)C)C(=O)NCc1nnc2ccc(-c3cccs3)nn12. The van der Waals surface area contributed by atoms with Gasteiger partial charge in [0.15, 0.2) is 11.5 Å². The second kappa shape index (κ2) is 7.93. The van der Waals surface area contributed by atoms with E-state index >= 15 is 0 Å². The lowest BCUT2D eigenvalue weighted by atomic mass is 10.2. The maximum Gasteiger partial charge on any atom is 0.408 e. The van der Waals surface area contributed by atoms with E-state index in [1.54, 1.807) is 43.5 Å². The predicted molar refractivity (Wildman–Crippen MR) is 105 cm³/mol.